The van der Waals surface area contributed by atoms with Crippen LogP contribution in [-0.2, 0) is 0 Å². The Morgan fingerprint density at radius 2 is 2.06 bits per heavy atom. The molecule has 0 aliphatic carbocycles. The molecular formula is C12H9N3O. The van der Waals surface area contributed by atoms with Crippen LogP contribution in [0.25, 0.3) is 16.6 Å². The summed E-state index contributed by atoms with van der Waals surface area (Å²) in [5, 5.41) is 1.02. The lowest BCUT2D eigenvalue weighted by Crippen LogP contribution is -2.02. The smallest absolute Gasteiger partial charge is 0.248 e. The Kier molecular flexibility index (Phi) is 1.86. The van der Waals surface area contributed by atoms with Crippen LogP contribution >= 0.6 is 0 Å². The highest BCUT2D eigenvalue weighted by molar-refractivity contribution is 5.80. The van der Waals surface area contributed by atoms with Gasteiger partial charge in [-0.15, -0.1) is 0 Å². The second-order valence-electron chi connectivity index (χ2n) is 3.56. The first-order valence-corrected chi connectivity index (χ1v) is 4.94. The maximum atomic E-state index is 11.2. The minimum Gasteiger partial charge on any atom is -0.322 e. The van der Waals surface area contributed by atoms with Gasteiger partial charge in [-0.2, -0.15) is 0 Å². The van der Waals surface area contributed by atoms with E-state index in [0.29, 0.717) is 0 Å². The number of imidazole rings is 1. The second kappa shape index (κ2) is 3.34. The summed E-state index contributed by atoms with van der Waals surface area (Å²) in [6.07, 6.45) is 5.31. The van der Waals surface area contributed by atoms with Gasteiger partial charge in [0.15, 0.2) is 0 Å². The summed E-state index contributed by atoms with van der Waals surface area (Å²) >= 11 is 0. The molecule has 2 aromatic heterocycles. The molecule has 4 nitrogen and oxygen atoms in total. The van der Waals surface area contributed by atoms with Crippen LogP contribution < -0.4 is 5.56 Å². The predicted octanol–water partition coefficient (Wildman–Crippen LogP) is 1.71. The van der Waals surface area contributed by atoms with Gasteiger partial charge in [-0.05, 0) is 23.6 Å². The normalized spacial score (nSPS) is 10.8. The summed E-state index contributed by atoms with van der Waals surface area (Å²) in [6.45, 7) is 0. The Morgan fingerprint density at radius 1 is 1.19 bits per heavy atom. The maximum absolute atomic E-state index is 11.2. The molecule has 0 aliphatic rings. The van der Waals surface area contributed by atoms with Crippen molar-refractivity contribution < 1.29 is 0 Å². The molecule has 78 valence electrons. The van der Waals surface area contributed by atoms with Crippen molar-refractivity contribution in [2.45, 2.75) is 0 Å². The highest BCUT2D eigenvalue weighted by Crippen LogP contribution is 2.14. The fourth-order valence-electron chi connectivity index (χ4n) is 1.71. The van der Waals surface area contributed by atoms with E-state index in [4.69, 9.17) is 0 Å². The number of nitrogens with one attached hydrogen (secondary N) is 1. The van der Waals surface area contributed by atoms with Gasteiger partial charge >= 0.3 is 0 Å². The lowest BCUT2D eigenvalue weighted by molar-refractivity contribution is 1.06. The number of aromatic amines is 1. The van der Waals surface area contributed by atoms with Crippen LogP contribution in [0.1, 0.15) is 0 Å². The molecule has 0 aliphatic heterocycles. The summed E-state index contributed by atoms with van der Waals surface area (Å²) in [5.74, 6) is 0. The molecule has 3 aromatic rings. The standard InChI is InChI=1S/C12H9N3O/c16-12-4-2-9-1-3-10(7-11(9)14-12)15-6-5-13-8-15/h1-8H,(H,14,16). The number of fused-ring (bicyclic) bond motifs is 1. The second-order valence-corrected chi connectivity index (χ2v) is 3.56. The third-order valence-corrected chi connectivity index (χ3v) is 2.51. The zero-order valence-electron chi connectivity index (χ0n) is 8.42. The molecule has 4 heteroatoms. The van der Waals surface area contributed by atoms with E-state index in [1.165, 1.54) is 6.07 Å². The molecule has 0 bridgehead atoms. The number of nitrogens with zero attached hydrogens (tertiary/aromatic N) is 2. The summed E-state index contributed by atoms with van der Waals surface area (Å²) in [5.41, 5.74) is 1.72. The van der Waals surface area contributed by atoms with E-state index < -0.39 is 0 Å². The molecular weight excluding hydrogens is 202 g/mol. The van der Waals surface area contributed by atoms with Crippen molar-refractivity contribution in [2.24, 2.45) is 0 Å². The van der Waals surface area contributed by atoms with E-state index in [1.54, 1.807) is 12.5 Å². The van der Waals surface area contributed by atoms with Crippen LogP contribution in [-0.4, -0.2) is 14.5 Å². The summed E-state index contributed by atoms with van der Waals surface area (Å²) in [7, 11) is 0. The number of benzene rings is 1. The topological polar surface area (TPSA) is 50.7 Å². The van der Waals surface area contributed by atoms with Crippen molar-refractivity contribution in [3.05, 3.63) is 59.4 Å². The third kappa shape index (κ3) is 1.40. The van der Waals surface area contributed by atoms with E-state index in [2.05, 4.69) is 9.97 Å². The van der Waals surface area contributed by atoms with Crippen molar-refractivity contribution in [3.8, 4) is 5.69 Å². The van der Waals surface area contributed by atoms with Crippen LogP contribution in [0.15, 0.2) is 53.8 Å². The number of aromatic nitrogens is 3. The molecule has 0 amide bonds. The quantitative estimate of drug-likeness (QED) is 0.666. The third-order valence-electron chi connectivity index (χ3n) is 2.51. The Labute approximate surface area is 91.2 Å². The lowest BCUT2D eigenvalue weighted by Gasteiger charge is -2.03. The molecule has 16 heavy (non-hydrogen) atoms. The van der Waals surface area contributed by atoms with Crippen molar-refractivity contribution >= 4 is 10.9 Å². The molecule has 3 rings (SSSR count). The zero-order valence-corrected chi connectivity index (χ0v) is 8.42. The largest absolute Gasteiger partial charge is 0.322 e. The minimum atomic E-state index is -0.0877. The SMILES string of the molecule is O=c1ccc2ccc(-n3ccnc3)cc2[nH]1. The Hall–Kier alpha value is -2.36. The first-order valence-electron chi connectivity index (χ1n) is 4.94. The van der Waals surface area contributed by atoms with Crippen molar-refractivity contribution in [3.63, 3.8) is 0 Å². The highest BCUT2D eigenvalue weighted by Gasteiger charge is 1.98. The molecule has 0 atom stereocenters. The fraction of sp³-hybridized carbons (Fsp3) is 0. The van der Waals surface area contributed by atoms with E-state index >= 15 is 0 Å². The van der Waals surface area contributed by atoms with Gasteiger partial charge in [-0.1, -0.05) is 6.07 Å². The van der Waals surface area contributed by atoms with Gasteiger partial charge in [0.1, 0.15) is 0 Å². The molecule has 0 saturated carbocycles. The van der Waals surface area contributed by atoms with Gasteiger partial charge in [0.25, 0.3) is 0 Å². The number of hydrogen-bond donors (Lipinski definition) is 1. The average molecular weight is 211 g/mol. The molecule has 0 fully saturated rings. The number of hydrogen-bond acceptors (Lipinski definition) is 2. The number of H-pyrrole nitrogens is 1. The predicted molar refractivity (Wildman–Crippen MR) is 61.7 cm³/mol. The summed E-state index contributed by atoms with van der Waals surface area (Å²) in [4.78, 5) is 18.0. The van der Waals surface area contributed by atoms with E-state index in [1.807, 2.05) is 35.0 Å². The molecule has 0 unspecified atom stereocenters. The monoisotopic (exact) mass is 211 g/mol. The number of rotatable bonds is 1. The molecule has 1 aromatic carbocycles. The van der Waals surface area contributed by atoms with Crippen molar-refractivity contribution in [2.75, 3.05) is 0 Å². The number of pyridine rings is 1. The van der Waals surface area contributed by atoms with Gasteiger partial charge in [-0.3, -0.25) is 4.79 Å². The van der Waals surface area contributed by atoms with Crippen LogP contribution in [0.2, 0.25) is 0 Å². The Morgan fingerprint density at radius 3 is 2.88 bits per heavy atom. The summed E-state index contributed by atoms with van der Waals surface area (Å²) in [6, 6.07) is 9.23. The first kappa shape index (κ1) is 8.91. The van der Waals surface area contributed by atoms with Crippen LogP contribution in [0.4, 0.5) is 0 Å². The average Bonchev–Trinajstić information content (AvgIpc) is 2.81. The zero-order chi connectivity index (χ0) is 11.0. The molecule has 0 radical (unpaired) electrons. The van der Waals surface area contributed by atoms with E-state index in [0.717, 1.165) is 16.6 Å². The highest BCUT2D eigenvalue weighted by atomic mass is 16.1. The minimum absolute atomic E-state index is 0.0877. The van der Waals surface area contributed by atoms with E-state index in [9.17, 15) is 4.79 Å². The maximum Gasteiger partial charge on any atom is 0.248 e. The van der Waals surface area contributed by atoms with Gasteiger partial charge in [0.2, 0.25) is 5.56 Å². The van der Waals surface area contributed by atoms with Gasteiger partial charge in [0.05, 0.1) is 11.8 Å². The Bertz CT molecular complexity index is 683. The lowest BCUT2D eigenvalue weighted by atomic mass is 10.2. The molecule has 2 heterocycles. The van der Waals surface area contributed by atoms with Crippen molar-refractivity contribution in [1.82, 2.24) is 14.5 Å². The Balaban J connectivity index is 2.26. The summed E-state index contributed by atoms with van der Waals surface area (Å²) < 4.78 is 1.89. The van der Waals surface area contributed by atoms with Gasteiger partial charge < -0.3 is 9.55 Å². The fourth-order valence-corrected chi connectivity index (χ4v) is 1.71. The van der Waals surface area contributed by atoms with Crippen LogP contribution in [0, 0.1) is 0 Å². The van der Waals surface area contributed by atoms with Crippen LogP contribution in [0.5, 0.6) is 0 Å². The molecule has 1 N–H and O–H groups in total. The first-order chi connectivity index (χ1) is 7.83. The van der Waals surface area contributed by atoms with Crippen LogP contribution in [0.3, 0.4) is 0 Å². The van der Waals surface area contributed by atoms with Crippen molar-refractivity contribution in [1.29, 1.82) is 0 Å². The molecule has 0 spiro atoms. The van der Waals surface area contributed by atoms with E-state index in [-0.39, 0.29) is 5.56 Å². The molecule has 0 saturated heterocycles. The van der Waals surface area contributed by atoms with Gasteiger partial charge in [0, 0.05) is 24.1 Å². The van der Waals surface area contributed by atoms with Gasteiger partial charge in [-0.25, -0.2) is 4.98 Å².